The maximum Gasteiger partial charge on any atom is 0.243 e. The van der Waals surface area contributed by atoms with Crippen LogP contribution >= 0.6 is 0 Å². The molecule has 2 rings (SSSR count). The number of nitrogens with zero attached hydrogens (tertiary/aromatic N) is 1. The molecule has 1 aliphatic rings. The number of hydrogen-bond donors (Lipinski definition) is 0. The lowest BCUT2D eigenvalue weighted by Gasteiger charge is -2.31. The largest absolute Gasteiger partial charge is 0.377 e. The predicted octanol–water partition coefficient (Wildman–Crippen LogP) is 2.91. The SMILES string of the molecule is C=CCOCC1CCN(S(=O)(=O)c2cc(C)ccc2C)CC1. The van der Waals surface area contributed by atoms with Crippen LogP contribution in [0.5, 0.6) is 0 Å². The Bertz CT molecular complexity index is 617. The zero-order valence-electron chi connectivity index (χ0n) is 13.4. The van der Waals surface area contributed by atoms with Gasteiger partial charge in [0.1, 0.15) is 0 Å². The fourth-order valence-corrected chi connectivity index (χ4v) is 4.54. The van der Waals surface area contributed by atoms with Crippen molar-refractivity contribution in [2.24, 2.45) is 5.92 Å². The van der Waals surface area contributed by atoms with Crippen LogP contribution in [-0.2, 0) is 14.8 Å². The van der Waals surface area contributed by atoms with Crippen LogP contribution in [0.25, 0.3) is 0 Å². The van der Waals surface area contributed by atoms with Crippen LogP contribution < -0.4 is 0 Å². The van der Waals surface area contributed by atoms with E-state index in [1.165, 1.54) is 0 Å². The van der Waals surface area contributed by atoms with Crippen LogP contribution in [0, 0.1) is 19.8 Å². The average molecular weight is 323 g/mol. The van der Waals surface area contributed by atoms with Gasteiger partial charge in [-0.2, -0.15) is 4.31 Å². The number of benzene rings is 1. The summed E-state index contributed by atoms with van der Waals surface area (Å²) in [5, 5.41) is 0. The Labute approximate surface area is 133 Å². The first-order chi connectivity index (χ1) is 10.4. The molecule has 1 aromatic rings. The van der Waals surface area contributed by atoms with E-state index >= 15 is 0 Å². The molecule has 0 aromatic heterocycles. The summed E-state index contributed by atoms with van der Waals surface area (Å²) < 4.78 is 32.7. The Morgan fingerprint density at radius 3 is 2.64 bits per heavy atom. The molecule has 0 amide bonds. The molecule has 1 aromatic carbocycles. The van der Waals surface area contributed by atoms with Gasteiger partial charge < -0.3 is 4.74 Å². The summed E-state index contributed by atoms with van der Waals surface area (Å²) in [4.78, 5) is 0.439. The van der Waals surface area contributed by atoms with Crippen LogP contribution in [0.4, 0.5) is 0 Å². The highest BCUT2D eigenvalue weighted by atomic mass is 32.2. The summed E-state index contributed by atoms with van der Waals surface area (Å²) in [6.07, 6.45) is 3.43. The highest BCUT2D eigenvalue weighted by molar-refractivity contribution is 7.89. The monoisotopic (exact) mass is 323 g/mol. The smallest absolute Gasteiger partial charge is 0.243 e. The standard InChI is InChI=1S/C17H25NO3S/c1-4-11-21-13-16-7-9-18(10-8-16)22(19,20)17-12-14(2)5-6-15(17)3/h4-6,12,16H,1,7-11,13H2,2-3H3. The molecule has 0 bridgehead atoms. The minimum absolute atomic E-state index is 0.435. The number of aryl methyl sites for hydroxylation is 2. The molecule has 0 unspecified atom stereocenters. The topological polar surface area (TPSA) is 46.6 Å². The molecule has 0 saturated carbocycles. The second-order valence-corrected chi connectivity index (χ2v) is 7.85. The molecule has 122 valence electrons. The molecule has 0 atom stereocenters. The first-order valence-corrected chi connectivity index (χ1v) is 9.15. The lowest BCUT2D eigenvalue weighted by molar-refractivity contribution is 0.0982. The van der Waals surface area contributed by atoms with Crippen LogP contribution in [0.15, 0.2) is 35.7 Å². The van der Waals surface area contributed by atoms with Crippen molar-refractivity contribution in [2.75, 3.05) is 26.3 Å². The van der Waals surface area contributed by atoms with E-state index in [-0.39, 0.29) is 0 Å². The molecule has 0 radical (unpaired) electrons. The maximum atomic E-state index is 12.8. The van der Waals surface area contributed by atoms with Gasteiger partial charge >= 0.3 is 0 Å². The van der Waals surface area contributed by atoms with E-state index in [4.69, 9.17) is 4.74 Å². The molecule has 0 N–H and O–H groups in total. The number of piperidine rings is 1. The highest BCUT2D eigenvalue weighted by Gasteiger charge is 2.30. The van der Waals surface area contributed by atoms with Crippen molar-refractivity contribution >= 4 is 10.0 Å². The summed E-state index contributed by atoms with van der Waals surface area (Å²) in [6, 6.07) is 5.58. The van der Waals surface area contributed by atoms with Gasteiger partial charge in [0.2, 0.25) is 10.0 Å². The van der Waals surface area contributed by atoms with Gasteiger partial charge in [-0.3, -0.25) is 0 Å². The number of rotatable bonds is 6. The second-order valence-electron chi connectivity index (χ2n) is 5.94. The van der Waals surface area contributed by atoms with E-state index in [0.29, 0.717) is 37.1 Å². The molecule has 0 aliphatic carbocycles. The van der Waals surface area contributed by atoms with E-state index in [9.17, 15) is 8.42 Å². The van der Waals surface area contributed by atoms with Crippen molar-refractivity contribution in [3.8, 4) is 0 Å². The molecule has 1 saturated heterocycles. The van der Waals surface area contributed by atoms with Gasteiger partial charge in [0.25, 0.3) is 0 Å². The molecule has 1 aliphatic heterocycles. The third kappa shape index (κ3) is 3.97. The lowest BCUT2D eigenvalue weighted by Crippen LogP contribution is -2.39. The van der Waals surface area contributed by atoms with E-state index in [1.807, 2.05) is 26.0 Å². The Morgan fingerprint density at radius 1 is 1.32 bits per heavy atom. The van der Waals surface area contributed by atoms with Crippen LogP contribution in [0.2, 0.25) is 0 Å². The summed E-state index contributed by atoms with van der Waals surface area (Å²) in [7, 11) is -3.39. The van der Waals surface area contributed by atoms with Gasteiger partial charge in [0.05, 0.1) is 11.5 Å². The molecule has 5 heteroatoms. The third-order valence-electron chi connectivity index (χ3n) is 4.12. The Kier molecular flexibility index (Phi) is 5.78. The van der Waals surface area contributed by atoms with E-state index in [2.05, 4.69) is 6.58 Å². The van der Waals surface area contributed by atoms with Crippen molar-refractivity contribution in [2.45, 2.75) is 31.6 Å². The lowest BCUT2D eigenvalue weighted by atomic mass is 9.99. The van der Waals surface area contributed by atoms with Crippen LogP contribution in [0.3, 0.4) is 0 Å². The summed E-state index contributed by atoms with van der Waals surface area (Å²) in [5.41, 5.74) is 1.78. The minimum Gasteiger partial charge on any atom is -0.377 e. The van der Waals surface area contributed by atoms with Gasteiger partial charge in [-0.25, -0.2) is 8.42 Å². The minimum atomic E-state index is -3.39. The van der Waals surface area contributed by atoms with Gasteiger partial charge in [-0.1, -0.05) is 18.2 Å². The summed E-state index contributed by atoms with van der Waals surface area (Å²) in [6.45, 7) is 9.77. The summed E-state index contributed by atoms with van der Waals surface area (Å²) >= 11 is 0. The Hall–Kier alpha value is -1.17. The first-order valence-electron chi connectivity index (χ1n) is 7.71. The summed E-state index contributed by atoms with van der Waals surface area (Å²) in [5.74, 6) is 0.435. The van der Waals surface area contributed by atoms with Gasteiger partial charge in [0.15, 0.2) is 0 Å². The zero-order valence-corrected chi connectivity index (χ0v) is 14.2. The maximum absolute atomic E-state index is 12.8. The molecular weight excluding hydrogens is 298 g/mol. The molecule has 0 spiro atoms. The fourth-order valence-electron chi connectivity index (χ4n) is 2.76. The van der Waals surface area contributed by atoms with Crippen molar-refractivity contribution in [3.05, 3.63) is 42.0 Å². The average Bonchev–Trinajstić information content (AvgIpc) is 2.50. The van der Waals surface area contributed by atoms with Gasteiger partial charge in [-0.05, 0) is 49.8 Å². The zero-order chi connectivity index (χ0) is 16.2. The first kappa shape index (κ1) is 17.2. The number of ether oxygens (including phenoxy) is 1. The van der Waals surface area contributed by atoms with Crippen LogP contribution in [0.1, 0.15) is 24.0 Å². The number of sulfonamides is 1. The molecular formula is C17H25NO3S. The highest BCUT2D eigenvalue weighted by Crippen LogP contribution is 2.26. The van der Waals surface area contributed by atoms with Gasteiger partial charge in [0, 0.05) is 19.7 Å². The van der Waals surface area contributed by atoms with E-state index in [1.54, 1.807) is 16.4 Å². The van der Waals surface area contributed by atoms with E-state index in [0.717, 1.165) is 24.0 Å². The van der Waals surface area contributed by atoms with Gasteiger partial charge in [-0.15, -0.1) is 6.58 Å². The molecule has 1 fully saturated rings. The quantitative estimate of drug-likeness (QED) is 0.597. The van der Waals surface area contributed by atoms with Crippen molar-refractivity contribution in [1.82, 2.24) is 4.31 Å². The normalized spacial score (nSPS) is 17.5. The van der Waals surface area contributed by atoms with Crippen LogP contribution in [-0.4, -0.2) is 39.0 Å². The Balaban J connectivity index is 2.03. The second kappa shape index (κ2) is 7.40. The molecule has 1 heterocycles. The fraction of sp³-hybridized carbons (Fsp3) is 0.529. The number of hydrogen-bond acceptors (Lipinski definition) is 3. The molecule has 22 heavy (non-hydrogen) atoms. The van der Waals surface area contributed by atoms with E-state index < -0.39 is 10.0 Å². The van der Waals surface area contributed by atoms with Crippen molar-refractivity contribution in [1.29, 1.82) is 0 Å². The predicted molar refractivity (Wildman–Crippen MR) is 88.4 cm³/mol. The third-order valence-corrected chi connectivity index (χ3v) is 6.16. The van der Waals surface area contributed by atoms with Crippen molar-refractivity contribution in [3.63, 3.8) is 0 Å². The van der Waals surface area contributed by atoms with Crippen molar-refractivity contribution < 1.29 is 13.2 Å². The molecule has 4 nitrogen and oxygen atoms in total. The Morgan fingerprint density at radius 2 is 2.00 bits per heavy atom.